The van der Waals surface area contributed by atoms with Crippen molar-refractivity contribution in [2.45, 2.75) is 37.7 Å². The van der Waals surface area contributed by atoms with Crippen molar-refractivity contribution in [3.05, 3.63) is 65.5 Å². The number of nitrogens with one attached hydrogen (secondary N) is 1. The van der Waals surface area contributed by atoms with Gasteiger partial charge in [0.15, 0.2) is 0 Å². The number of H-pyrrole nitrogens is 1. The Morgan fingerprint density at radius 2 is 2.17 bits per heavy atom. The Morgan fingerprint density at radius 3 is 2.86 bits per heavy atom. The first-order chi connectivity index (χ1) is 14.0. The molecule has 1 aromatic carbocycles. The highest BCUT2D eigenvalue weighted by molar-refractivity contribution is 8.14. The highest BCUT2D eigenvalue weighted by Crippen LogP contribution is 2.32. The molecule has 0 saturated carbocycles. The summed E-state index contributed by atoms with van der Waals surface area (Å²) in [6, 6.07) is 8.97. The number of carbonyl (C=O) groups excluding carboxylic acids is 2. The van der Waals surface area contributed by atoms with Gasteiger partial charge in [0.05, 0.1) is 12.3 Å². The average molecular weight is 416 g/mol. The summed E-state index contributed by atoms with van der Waals surface area (Å²) in [7, 11) is 0. The molecule has 8 heteroatoms. The molecule has 0 unspecified atom stereocenters. The number of hydrogen-bond acceptors (Lipinski definition) is 6. The Labute approximate surface area is 174 Å². The van der Waals surface area contributed by atoms with Gasteiger partial charge in [0.2, 0.25) is 5.12 Å². The van der Waals surface area contributed by atoms with E-state index in [0.717, 1.165) is 17.0 Å². The van der Waals surface area contributed by atoms with E-state index in [4.69, 9.17) is 4.74 Å². The molecule has 1 aromatic heterocycles. The van der Waals surface area contributed by atoms with Crippen molar-refractivity contribution in [2.24, 2.45) is 0 Å². The largest absolute Gasteiger partial charge is 0.445 e. The third-order valence-electron chi connectivity index (χ3n) is 4.98. The average Bonchev–Trinajstić information content (AvgIpc) is 3.29. The highest BCUT2D eigenvalue weighted by Gasteiger charge is 2.38. The molecule has 2 N–H and O–H groups in total. The second-order valence-corrected chi connectivity index (χ2v) is 8.20. The lowest BCUT2D eigenvalue weighted by atomic mass is 10.0. The number of aromatic nitrogens is 2. The number of benzene rings is 1. The fourth-order valence-corrected chi connectivity index (χ4v) is 4.63. The molecule has 7 nitrogen and oxygen atoms in total. The van der Waals surface area contributed by atoms with E-state index in [1.54, 1.807) is 17.0 Å². The number of aryl methyl sites for hydroxylation is 1. The first kappa shape index (κ1) is 21.1. The van der Waals surface area contributed by atoms with Gasteiger partial charge in [-0.15, -0.1) is 0 Å². The maximum absolute atomic E-state index is 12.6. The number of nitrogens with zero attached hydrogens (tertiary/aromatic N) is 2. The summed E-state index contributed by atoms with van der Waals surface area (Å²) in [5.74, 6) is 0. The molecule has 2 atom stereocenters. The van der Waals surface area contributed by atoms with E-state index in [9.17, 15) is 14.7 Å². The lowest BCUT2D eigenvalue weighted by Crippen LogP contribution is -2.37. The zero-order valence-corrected chi connectivity index (χ0v) is 17.2. The molecule has 1 aliphatic rings. The van der Waals surface area contributed by atoms with Crippen LogP contribution in [0.2, 0.25) is 0 Å². The standard InChI is InChI=1S/C21H25N3O4S/c1-3-9-28-21(27)24-12-17(29-20(26)15-7-5-4-6-8-15)10-16(24)11-19-18(13-25)14(2)22-23-19/h3-8,16-17,25H,1,9-13H2,2H3,(H,22,23)/t16-,17-/m0/s1. The molecular weight excluding hydrogens is 390 g/mol. The Kier molecular flexibility index (Phi) is 7.11. The highest BCUT2D eigenvalue weighted by atomic mass is 32.2. The molecule has 154 valence electrons. The van der Waals surface area contributed by atoms with E-state index in [-0.39, 0.29) is 29.6 Å². The van der Waals surface area contributed by atoms with Gasteiger partial charge in [-0.1, -0.05) is 54.7 Å². The van der Waals surface area contributed by atoms with Crippen molar-refractivity contribution in [1.29, 1.82) is 0 Å². The molecule has 0 radical (unpaired) electrons. The van der Waals surface area contributed by atoms with Crippen molar-refractivity contribution in [1.82, 2.24) is 15.1 Å². The van der Waals surface area contributed by atoms with Gasteiger partial charge in [0.25, 0.3) is 0 Å². The van der Waals surface area contributed by atoms with Crippen LogP contribution in [-0.4, -0.2) is 55.9 Å². The number of rotatable bonds is 7. The zero-order valence-electron chi connectivity index (χ0n) is 16.3. The number of aliphatic hydroxyl groups is 1. The van der Waals surface area contributed by atoms with Crippen molar-refractivity contribution < 1.29 is 19.4 Å². The SMILES string of the molecule is C=CCOC(=O)N1C[C@@H](SC(=O)c2ccccc2)C[C@H]1Cc1[nH]nc(C)c1CO. The second kappa shape index (κ2) is 9.76. The molecule has 0 aliphatic carbocycles. The summed E-state index contributed by atoms with van der Waals surface area (Å²) in [6.07, 6.45) is 2.26. The third kappa shape index (κ3) is 5.07. The van der Waals surface area contributed by atoms with Gasteiger partial charge in [-0.25, -0.2) is 4.79 Å². The van der Waals surface area contributed by atoms with Gasteiger partial charge < -0.3 is 14.7 Å². The van der Waals surface area contributed by atoms with E-state index in [2.05, 4.69) is 16.8 Å². The molecule has 2 aromatic rings. The minimum atomic E-state index is -0.424. The molecule has 1 amide bonds. The number of aliphatic hydroxyl groups excluding tert-OH is 1. The van der Waals surface area contributed by atoms with Crippen LogP contribution < -0.4 is 0 Å². The maximum Gasteiger partial charge on any atom is 0.410 e. The van der Waals surface area contributed by atoms with Crippen LogP contribution in [-0.2, 0) is 17.8 Å². The Balaban J connectivity index is 1.73. The quantitative estimate of drug-likeness (QED) is 0.675. The molecule has 2 heterocycles. The van der Waals surface area contributed by atoms with Gasteiger partial charge in [0, 0.05) is 41.1 Å². The Morgan fingerprint density at radius 1 is 1.41 bits per heavy atom. The number of amides is 1. The topological polar surface area (TPSA) is 95.5 Å². The minimum Gasteiger partial charge on any atom is -0.445 e. The fourth-order valence-electron chi connectivity index (χ4n) is 3.50. The molecule has 1 fully saturated rings. The van der Waals surface area contributed by atoms with Crippen molar-refractivity contribution >= 4 is 23.0 Å². The van der Waals surface area contributed by atoms with Crippen molar-refractivity contribution in [3.8, 4) is 0 Å². The number of carbonyl (C=O) groups is 2. The van der Waals surface area contributed by atoms with E-state index in [1.807, 2.05) is 25.1 Å². The normalized spacial score (nSPS) is 18.6. The van der Waals surface area contributed by atoms with Gasteiger partial charge in [-0.05, 0) is 13.3 Å². The number of thioether (sulfide) groups is 1. The number of likely N-dealkylation sites (tertiary alicyclic amines) is 1. The van der Waals surface area contributed by atoms with Crippen LogP contribution in [0.1, 0.15) is 33.7 Å². The lowest BCUT2D eigenvalue weighted by Gasteiger charge is -2.23. The van der Waals surface area contributed by atoms with Gasteiger partial charge >= 0.3 is 6.09 Å². The third-order valence-corrected chi connectivity index (χ3v) is 6.10. The van der Waals surface area contributed by atoms with Crippen LogP contribution in [0, 0.1) is 6.92 Å². The smallest absolute Gasteiger partial charge is 0.410 e. The summed E-state index contributed by atoms with van der Waals surface area (Å²) in [5.41, 5.74) is 2.94. The number of aromatic amines is 1. The van der Waals surface area contributed by atoms with E-state index < -0.39 is 6.09 Å². The number of hydrogen-bond donors (Lipinski definition) is 2. The van der Waals surface area contributed by atoms with Crippen molar-refractivity contribution in [3.63, 3.8) is 0 Å². The molecule has 1 saturated heterocycles. The fraction of sp³-hybridized carbons (Fsp3) is 0.381. The predicted molar refractivity (Wildman–Crippen MR) is 112 cm³/mol. The second-order valence-electron chi connectivity index (χ2n) is 6.93. The lowest BCUT2D eigenvalue weighted by molar-refractivity contribution is 0.107. The maximum atomic E-state index is 12.6. The van der Waals surface area contributed by atoms with E-state index in [1.165, 1.54) is 17.8 Å². The summed E-state index contributed by atoms with van der Waals surface area (Å²) in [6.45, 7) is 5.84. The van der Waals surface area contributed by atoms with Crippen LogP contribution in [0.15, 0.2) is 43.0 Å². The summed E-state index contributed by atoms with van der Waals surface area (Å²) < 4.78 is 5.24. The Hall–Kier alpha value is -2.58. The summed E-state index contributed by atoms with van der Waals surface area (Å²) >= 11 is 1.25. The predicted octanol–water partition coefficient (Wildman–Crippen LogP) is 3.09. The molecule has 3 rings (SSSR count). The van der Waals surface area contributed by atoms with Crippen LogP contribution in [0.4, 0.5) is 4.79 Å². The summed E-state index contributed by atoms with van der Waals surface area (Å²) in [4.78, 5) is 26.8. The summed E-state index contributed by atoms with van der Waals surface area (Å²) in [5, 5.41) is 16.7. The van der Waals surface area contributed by atoms with E-state index in [0.29, 0.717) is 24.9 Å². The van der Waals surface area contributed by atoms with Gasteiger partial charge in [-0.3, -0.25) is 9.89 Å². The van der Waals surface area contributed by atoms with Crippen LogP contribution >= 0.6 is 11.8 Å². The minimum absolute atomic E-state index is 0.0101. The van der Waals surface area contributed by atoms with E-state index >= 15 is 0 Å². The molecular formula is C21H25N3O4S. The molecule has 0 spiro atoms. The van der Waals surface area contributed by atoms with Crippen LogP contribution in [0.5, 0.6) is 0 Å². The zero-order chi connectivity index (χ0) is 20.8. The molecule has 29 heavy (non-hydrogen) atoms. The van der Waals surface area contributed by atoms with Crippen LogP contribution in [0.3, 0.4) is 0 Å². The first-order valence-electron chi connectivity index (χ1n) is 9.47. The van der Waals surface area contributed by atoms with Crippen molar-refractivity contribution in [2.75, 3.05) is 13.2 Å². The number of ether oxygens (including phenoxy) is 1. The van der Waals surface area contributed by atoms with Crippen LogP contribution in [0.25, 0.3) is 0 Å². The van der Waals surface area contributed by atoms with Gasteiger partial charge in [0.1, 0.15) is 6.61 Å². The van der Waals surface area contributed by atoms with Gasteiger partial charge in [-0.2, -0.15) is 5.10 Å². The Bertz CT molecular complexity index is 868. The molecule has 0 bridgehead atoms. The monoisotopic (exact) mass is 415 g/mol. The first-order valence-corrected chi connectivity index (χ1v) is 10.3. The molecule has 1 aliphatic heterocycles.